The summed E-state index contributed by atoms with van der Waals surface area (Å²) in [6, 6.07) is 13.5. The molecule has 0 saturated heterocycles. The van der Waals surface area contributed by atoms with Gasteiger partial charge in [0.15, 0.2) is 5.96 Å². The van der Waals surface area contributed by atoms with Crippen LogP contribution < -0.4 is 10.6 Å². The minimum Gasteiger partial charge on any atom is -0.356 e. The van der Waals surface area contributed by atoms with Crippen molar-refractivity contribution in [3.8, 4) is 0 Å². The summed E-state index contributed by atoms with van der Waals surface area (Å²) < 4.78 is 0. The molecule has 1 aromatic heterocycles. The average molecular weight is 313 g/mol. The number of thiophene rings is 1. The largest absolute Gasteiger partial charge is 0.356 e. The highest BCUT2D eigenvalue weighted by atomic mass is 32.1. The lowest BCUT2D eigenvalue weighted by atomic mass is 10.0. The Morgan fingerprint density at radius 1 is 1.27 bits per heavy atom. The molecule has 0 spiro atoms. The van der Waals surface area contributed by atoms with Gasteiger partial charge in [0.1, 0.15) is 0 Å². The molecular weight excluding hydrogens is 290 g/mol. The molecule has 1 saturated carbocycles. The number of hydrogen-bond acceptors (Lipinski definition) is 2. The predicted molar refractivity (Wildman–Crippen MR) is 94.8 cm³/mol. The zero-order valence-electron chi connectivity index (χ0n) is 13.2. The Morgan fingerprint density at radius 3 is 2.86 bits per heavy atom. The molecule has 1 aliphatic carbocycles. The van der Waals surface area contributed by atoms with Gasteiger partial charge in [0.2, 0.25) is 0 Å². The van der Waals surface area contributed by atoms with Crippen molar-refractivity contribution in [2.45, 2.75) is 31.7 Å². The van der Waals surface area contributed by atoms with Crippen LogP contribution >= 0.6 is 11.3 Å². The van der Waals surface area contributed by atoms with Gasteiger partial charge in [0.05, 0.1) is 0 Å². The fraction of sp³-hybridized carbons (Fsp3) is 0.389. The van der Waals surface area contributed by atoms with Crippen LogP contribution in [0.5, 0.6) is 0 Å². The van der Waals surface area contributed by atoms with E-state index in [0.717, 1.165) is 18.9 Å². The second kappa shape index (κ2) is 6.97. The maximum absolute atomic E-state index is 4.34. The monoisotopic (exact) mass is 313 g/mol. The number of nitrogens with one attached hydrogen (secondary N) is 2. The number of aliphatic imine (C=N–C) groups is 1. The zero-order valence-corrected chi connectivity index (χ0v) is 14.0. The maximum atomic E-state index is 4.34. The van der Waals surface area contributed by atoms with Gasteiger partial charge in [-0.25, -0.2) is 0 Å². The van der Waals surface area contributed by atoms with Crippen molar-refractivity contribution in [3.05, 3.63) is 57.8 Å². The van der Waals surface area contributed by atoms with E-state index in [2.05, 4.69) is 64.3 Å². The van der Waals surface area contributed by atoms with Crippen LogP contribution in [-0.4, -0.2) is 25.6 Å². The van der Waals surface area contributed by atoms with Gasteiger partial charge in [-0.1, -0.05) is 30.3 Å². The quantitative estimate of drug-likeness (QED) is 0.656. The number of hydrogen-bond donors (Lipinski definition) is 2. The molecule has 1 aliphatic rings. The first-order chi connectivity index (χ1) is 10.8. The molecule has 3 rings (SSSR count). The van der Waals surface area contributed by atoms with Gasteiger partial charge in [-0.05, 0) is 42.3 Å². The van der Waals surface area contributed by atoms with Crippen LogP contribution in [0.25, 0.3) is 0 Å². The van der Waals surface area contributed by atoms with E-state index >= 15 is 0 Å². The third-order valence-corrected chi connectivity index (χ3v) is 5.10. The molecule has 2 N–H and O–H groups in total. The van der Waals surface area contributed by atoms with E-state index in [1.165, 1.54) is 22.4 Å². The summed E-state index contributed by atoms with van der Waals surface area (Å²) in [5.41, 5.74) is 2.85. The Labute approximate surface area is 136 Å². The van der Waals surface area contributed by atoms with Gasteiger partial charge >= 0.3 is 0 Å². The van der Waals surface area contributed by atoms with Crippen LogP contribution in [0, 0.1) is 6.92 Å². The Kier molecular flexibility index (Phi) is 4.78. The molecule has 22 heavy (non-hydrogen) atoms. The zero-order chi connectivity index (χ0) is 15.4. The number of guanidine groups is 1. The molecule has 2 aromatic rings. The highest BCUT2D eigenvalue weighted by molar-refractivity contribution is 7.09. The third kappa shape index (κ3) is 3.69. The van der Waals surface area contributed by atoms with Crippen molar-refractivity contribution in [1.82, 2.24) is 10.6 Å². The lowest BCUT2D eigenvalue weighted by Crippen LogP contribution is -2.39. The third-order valence-electron chi connectivity index (χ3n) is 4.17. The van der Waals surface area contributed by atoms with E-state index in [1.807, 2.05) is 18.4 Å². The summed E-state index contributed by atoms with van der Waals surface area (Å²) in [6.07, 6.45) is 2.24. The van der Waals surface area contributed by atoms with Crippen LogP contribution in [0.3, 0.4) is 0 Å². The number of aryl methyl sites for hydroxylation is 1. The summed E-state index contributed by atoms with van der Waals surface area (Å²) >= 11 is 1.81. The Morgan fingerprint density at radius 2 is 2.14 bits per heavy atom. The molecule has 0 radical (unpaired) electrons. The SMILES string of the molecule is CN=C(NCCc1cccs1)NC1CC1c1ccccc1C. The van der Waals surface area contributed by atoms with E-state index < -0.39 is 0 Å². The molecule has 0 aliphatic heterocycles. The number of nitrogens with zero attached hydrogens (tertiary/aromatic N) is 1. The minimum absolute atomic E-state index is 0.508. The highest BCUT2D eigenvalue weighted by Gasteiger charge is 2.39. The molecule has 3 nitrogen and oxygen atoms in total. The first-order valence-corrected chi connectivity index (χ1v) is 8.71. The maximum Gasteiger partial charge on any atom is 0.191 e. The van der Waals surface area contributed by atoms with Crippen molar-refractivity contribution in [1.29, 1.82) is 0 Å². The van der Waals surface area contributed by atoms with E-state index in [0.29, 0.717) is 12.0 Å². The van der Waals surface area contributed by atoms with Crippen LogP contribution in [0.4, 0.5) is 0 Å². The van der Waals surface area contributed by atoms with E-state index in [4.69, 9.17) is 0 Å². The van der Waals surface area contributed by atoms with Crippen LogP contribution in [-0.2, 0) is 6.42 Å². The molecule has 1 aromatic carbocycles. The number of rotatable bonds is 5. The Balaban J connectivity index is 1.47. The predicted octanol–water partition coefficient (Wildman–Crippen LogP) is 3.32. The summed E-state index contributed by atoms with van der Waals surface area (Å²) in [7, 11) is 1.84. The van der Waals surface area contributed by atoms with E-state index in [-0.39, 0.29) is 0 Å². The number of benzene rings is 1. The summed E-state index contributed by atoms with van der Waals surface area (Å²) in [6.45, 7) is 3.11. The summed E-state index contributed by atoms with van der Waals surface area (Å²) in [5, 5.41) is 9.07. The normalized spacial score (nSPS) is 20.7. The molecule has 2 unspecified atom stereocenters. The molecule has 4 heteroatoms. The van der Waals surface area contributed by atoms with E-state index in [9.17, 15) is 0 Å². The van der Waals surface area contributed by atoms with Gasteiger partial charge in [-0.15, -0.1) is 11.3 Å². The van der Waals surface area contributed by atoms with Crippen LogP contribution in [0.2, 0.25) is 0 Å². The first kappa shape index (κ1) is 15.1. The average Bonchev–Trinajstić information content (AvgIpc) is 3.08. The molecular formula is C18H23N3S. The Hall–Kier alpha value is -1.81. The smallest absolute Gasteiger partial charge is 0.191 e. The molecule has 1 fully saturated rings. The lowest BCUT2D eigenvalue weighted by molar-refractivity contribution is 0.782. The summed E-state index contributed by atoms with van der Waals surface area (Å²) in [5.74, 6) is 1.54. The molecule has 1 heterocycles. The van der Waals surface area contributed by atoms with Crippen molar-refractivity contribution in [2.24, 2.45) is 4.99 Å². The van der Waals surface area contributed by atoms with Gasteiger partial charge in [0, 0.05) is 30.4 Å². The van der Waals surface area contributed by atoms with Crippen LogP contribution in [0.1, 0.15) is 28.3 Å². The fourth-order valence-corrected chi connectivity index (χ4v) is 3.54. The minimum atomic E-state index is 0.508. The van der Waals surface area contributed by atoms with Crippen molar-refractivity contribution < 1.29 is 0 Å². The van der Waals surface area contributed by atoms with Gasteiger partial charge in [0.25, 0.3) is 0 Å². The van der Waals surface area contributed by atoms with Crippen LogP contribution in [0.15, 0.2) is 46.8 Å². The van der Waals surface area contributed by atoms with Crippen molar-refractivity contribution in [2.75, 3.05) is 13.6 Å². The molecule has 0 amide bonds. The first-order valence-electron chi connectivity index (χ1n) is 7.83. The standard InChI is InChI=1S/C18H23N3S/c1-13-6-3-4-8-15(13)16-12-17(16)21-18(19-2)20-10-9-14-7-5-11-22-14/h3-8,11,16-17H,9-10,12H2,1-2H3,(H2,19,20,21). The topological polar surface area (TPSA) is 36.4 Å². The fourth-order valence-electron chi connectivity index (χ4n) is 2.83. The lowest BCUT2D eigenvalue weighted by Gasteiger charge is -2.12. The molecule has 2 atom stereocenters. The highest BCUT2D eigenvalue weighted by Crippen LogP contribution is 2.41. The second-order valence-corrected chi connectivity index (χ2v) is 6.81. The molecule has 0 bridgehead atoms. The summed E-state index contributed by atoms with van der Waals surface area (Å²) in [4.78, 5) is 5.74. The Bertz CT molecular complexity index is 634. The second-order valence-electron chi connectivity index (χ2n) is 5.78. The van der Waals surface area contributed by atoms with Crippen molar-refractivity contribution >= 4 is 17.3 Å². The van der Waals surface area contributed by atoms with Gasteiger partial charge < -0.3 is 10.6 Å². The van der Waals surface area contributed by atoms with Crippen molar-refractivity contribution in [3.63, 3.8) is 0 Å². The molecule has 116 valence electrons. The van der Waals surface area contributed by atoms with Gasteiger partial charge in [-0.2, -0.15) is 0 Å². The van der Waals surface area contributed by atoms with Gasteiger partial charge in [-0.3, -0.25) is 4.99 Å². The van der Waals surface area contributed by atoms with E-state index in [1.54, 1.807) is 0 Å².